The van der Waals surface area contributed by atoms with Crippen LogP contribution in [0.25, 0.3) is 0 Å². The van der Waals surface area contributed by atoms with E-state index in [1.807, 2.05) is 13.8 Å². The average molecular weight is 394 g/mol. The molecule has 156 valence electrons. The third-order valence-electron chi connectivity index (χ3n) is 3.79. The number of hydrogen-bond donors (Lipinski definition) is 6. The van der Waals surface area contributed by atoms with Crippen molar-refractivity contribution in [2.45, 2.75) is 26.1 Å². The molecule has 2 aromatic carbocycles. The second-order valence-corrected chi connectivity index (χ2v) is 5.78. The van der Waals surface area contributed by atoms with E-state index in [4.69, 9.17) is 20.9 Å². The van der Waals surface area contributed by atoms with Crippen molar-refractivity contribution in [3.05, 3.63) is 47.5 Å². The molecule has 8 nitrogen and oxygen atoms in total. The van der Waals surface area contributed by atoms with Crippen molar-refractivity contribution in [3.63, 3.8) is 0 Å². The van der Waals surface area contributed by atoms with Gasteiger partial charge in [-0.2, -0.15) is 0 Å². The first-order valence-electron chi connectivity index (χ1n) is 9.06. The summed E-state index contributed by atoms with van der Waals surface area (Å²) in [6.45, 7) is 4.85. The third kappa shape index (κ3) is 6.58. The number of hydrogen-bond acceptors (Lipinski definition) is 8. The maximum atomic E-state index is 9.55. The minimum absolute atomic E-state index is 0.00824. The van der Waals surface area contributed by atoms with Crippen LogP contribution in [0.4, 0.5) is 0 Å². The van der Waals surface area contributed by atoms with Gasteiger partial charge in [-0.05, 0) is 44.2 Å². The number of nitrogens with two attached hydrogens (primary N) is 2. The van der Waals surface area contributed by atoms with Crippen LogP contribution in [-0.2, 0) is 0 Å². The molecule has 0 amide bonds. The predicted molar refractivity (Wildman–Crippen MR) is 107 cm³/mol. The number of phenolic OH excluding ortho intramolecular Hbond substituents is 2. The predicted octanol–water partition coefficient (Wildman–Crippen LogP) is 1.57. The smallest absolute Gasteiger partial charge is 0.128 e. The highest BCUT2D eigenvalue weighted by Gasteiger charge is 2.16. The van der Waals surface area contributed by atoms with Crippen molar-refractivity contribution in [1.29, 1.82) is 0 Å². The van der Waals surface area contributed by atoms with Crippen LogP contribution in [-0.4, -0.2) is 46.7 Å². The molecule has 0 heterocycles. The van der Waals surface area contributed by atoms with E-state index in [9.17, 15) is 20.4 Å². The van der Waals surface area contributed by atoms with Crippen LogP contribution in [0, 0.1) is 0 Å². The summed E-state index contributed by atoms with van der Waals surface area (Å²) in [5.41, 5.74) is 11.4. The van der Waals surface area contributed by atoms with Crippen LogP contribution >= 0.6 is 0 Å². The van der Waals surface area contributed by atoms with Crippen molar-refractivity contribution in [3.8, 4) is 23.0 Å². The first-order valence-corrected chi connectivity index (χ1v) is 9.06. The molecule has 0 bridgehead atoms. The highest BCUT2D eigenvalue weighted by Crippen LogP contribution is 2.32. The molecule has 8 N–H and O–H groups in total. The third-order valence-corrected chi connectivity index (χ3v) is 3.79. The van der Waals surface area contributed by atoms with E-state index < -0.39 is 12.2 Å². The Labute approximate surface area is 164 Å². The molecule has 0 aliphatic heterocycles. The highest BCUT2D eigenvalue weighted by molar-refractivity contribution is 5.45. The molecule has 8 heteroatoms. The Hall–Kier alpha value is -2.52. The molecular formula is C20H30N2O6. The number of aliphatic hydroxyl groups excluding tert-OH is 2. The Morgan fingerprint density at radius 2 is 1.50 bits per heavy atom. The van der Waals surface area contributed by atoms with Gasteiger partial charge in [-0.1, -0.05) is 6.07 Å². The molecule has 0 aliphatic rings. The lowest BCUT2D eigenvalue weighted by Gasteiger charge is -2.15. The maximum Gasteiger partial charge on any atom is 0.128 e. The zero-order chi connectivity index (χ0) is 21.1. The second kappa shape index (κ2) is 12.0. The number of ether oxygens (including phenoxy) is 2. The van der Waals surface area contributed by atoms with Crippen LogP contribution < -0.4 is 20.9 Å². The lowest BCUT2D eigenvalue weighted by Crippen LogP contribution is -2.13. The minimum Gasteiger partial charge on any atom is -0.508 e. The number of phenols is 2. The van der Waals surface area contributed by atoms with Crippen LogP contribution in [0.1, 0.15) is 37.2 Å². The second-order valence-electron chi connectivity index (χ2n) is 5.78. The van der Waals surface area contributed by atoms with Crippen molar-refractivity contribution >= 4 is 0 Å². The Bertz CT molecular complexity index is 726. The van der Waals surface area contributed by atoms with E-state index in [-0.39, 0.29) is 24.6 Å². The van der Waals surface area contributed by atoms with Crippen molar-refractivity contribution in [2.75, 3.05) is 26.3 Å². The Kier molecular flexibility index (Phi) is 10.1. The van der Waals surface area contributed by atoms with Crippen LogP contribution in [0.2, 0.25) is 0 Å². The van der Waals surface area contributed by atoms with Gasteiger partial charge in [-0.3, -0.25) is 0 Å². The fourth-order valence-electron chi connectivity index (χ4n) is 2.45. The molecule has 2 atom stereocenters. The molecule has 0 aliphatic carbocycles. The molecule has 2 rings (SSSR count). The summed E-state index contributed by atoms with van der Waals surface area (Å²) in [5, 5.41) is 38.0. The zero-order valence-corrected chi connectivity index (χ0v) is 16.2. The highest BCUT2D eigenvalue weighted by atomic mass is 16.5. The minimum atomic E-state index is -0.891. The molecule has 0 spiro atoms. The number of aliphatic hydroxyl groups is 2. The number of benzene rings is 2. The normalized spacial score (nSPS) is 12.5. The summed E-state index contributed by atoms with van der Waals surface area (Å²) in [6.07, 6.45) is -1.74. The summed E-state index contributed by atoms with van der Waals surface area (Å²) < 4.78 is 10.5. The fourth-order valence-corrected chi connectivity index (χ4v) is 2.45. The van der Waals surface area contributed by atoms with Gasteiger partial charge in [0.25, 0.3) is 0 Å². The Balaban J connectivity index is 0.000000280. The van der Waals surface area contributed by atoms with Gasteiger partial charge in [0.2, 0.25) is 0 Å². The fraction of sp³-hybridized carbons (Fsp3) is 0.400. The topological polar surface area (TPSA) is 151 Å². The van der Waals surface area contributed by atoms with Gasteiger partial charge in [0.15, 0.2) is 0 Å². The summed E-state index contributed by atoms with van der Waals surface area (Å²) in [6, 6.07) is 9.57. The van der Waals surface area contributed by atoms with Crippen LogP contribution in [0.3, 0.4) is 0 Å². The van der Waals surface area contributed by atoms with Gasteiger partial charge in [-0.25, -0.2) is 0 Å². The van der Waals surface area contributed by atoms with Gasteiger partial charge in [0.05, 0.1) is 31.0 Å². The van der Waals surface area contributed by atoms with Crippen molar-refractivity contribution in [1.82, 2.24) is 0 Å². The van der Waals surface area contributed by atoms with E-state index in [1.54, 1.807) is 24.3 Å². The van der Waals surface area contributed by atoms with Gasteiger partial charge in [0, 0.05) is 18.7 Å². The molecule has 0 radical (unpaired) electrons. The largest absolute Gasteiger partial charge is 0.508 e. The number of rotatable bonds is 8. The van der Waals surface area contributed by atoms with E-state index >= 15 is 0 Å². The summed E-state index contributed by atoms with van der Waals surface area (Å²) >= 11 is 0. The monoisotopic (exact) mass is 394 g/mol. The van der Waals surface area contributed by atoms with Gasteiger partial charge >= 0.3 is 0 Å². The number of aromatic hydroxyl groups is 2. The Morgan fingerprint density at radius 3 is 2.07 bits per heavy atom. The standard InChI is InChI=1S/2C10H15NO3/c1-2-14-7-3-4-9(12)8(5-7)10(13)6-11;1-2-14-9-5-3-4-7(12)10(9)8(13)6-11/h3-5,10,12-13H,2,6,11H2,1H3;3-5,8,12-13H,2,6,11H2,1H3/t10-;8-/m00/s1. The van der Waals surface area contributed by atoms with Gasteiger partial charge in [-0.15, -0.1) is 0 Å². The van der Waals surface area contributed by atoms with E-state index in [2.05, 4.69) is 0 Å². The molecule has 0 unspecified atom stereocenters. The Morgan fingerprint density at radius 1 is 0.857 bits per heavy atom. The van der Waals surface area contributed by atoms with E-state index in [0.29, 0.717) is 35.8 Å². The van der Waals surface area contributed by atoms with Gasteiger partial charge < -0.3 is 41.4 Å². The quantitative estimate of drug-likeness (QED) is 0.395. The maximum absolute atomic E-state index is 9.55. The first kappa shape index (κ1) is 23.5. The van der Waals surface area contributed by atoms with E-state index in [1.165, 1.54) is 12.1 Å². The molecule has 0 saturated carbocycles. The molecule has 28 heavy (non-hydrogen) atoms. The van der Waals surface area contributed by atoms with E-state index in [0.717, 1.165) is 0 Å². The lowest BCUT2D eigenvalue weighted by molar-refractivity contribution is 0.176. The summed E-state index contributed by atoms with van der Waals surface area (Å²) in [4.78, 5) is 0. The van der Waals surface area contributed by atoms with Crippen LogP contribution in [0.15, 0.2) is 36.4 Å². The SMILES string of the molecule is CCOc1ccc(O)c([C@@H](O)CN)c1.CCOc1cccc(O)c1[C@@H](O)CN. The van der Waals surface area contributed by atoms with Gasteiger partial charge in [0.1, 0.15) is 23.0 Å². The lowest BCUT2D eigenvalue weighted by atomic mass is 10.1. The van der Waals surface area contributed by atoms with Crippen molar-refractivity contribution in [2.24, 2.45) is 11.5 Å². The summed E-state index contributed by atoms with van der Waals surface area (Å²) in [5.74, 6) is 1.14. The molecular weight excluding hydrogens is 364 g/mol. The molecule has 2 aromatic rings. The van der Waals surface area contributed by atoms with Crippen LogP contribution in [0.5, 0.6) is 23.0 Å². The summed E-state index contributed by atoms with van der Waals surface area (Å²) in [7, 11) is 0. The van der Waals surface area contributed by atoms with Crippen molar-refractivity contribution < 1.29 is 29.9 Å². The molecule has 0 saturated heterocycles. The first-order chi connectivity index (χ1) is 13.4. The molecule has 0 aromatic heterocycles. The average Bonchev–Trinajstić information content (AvgIpc) is 2.69. The zero-order valence-electron chi connectivity index (χ0n) is 16.2. The molecule has 0 fully saturated rings.